The molecule has 0 aliphatic carbocycles. The van der Waals surface area contributed by atoms with Crippen molar-refractivity contribution in [1.29, 1.82) is 0 Å². The number of aliphatic hydroxyl groups excluding tert-OH is 1. The maximum absolute atomic E-state index is 12.0. The molecule has 228 valence electrons. The highest BCUT2D eigenvalue weighted by Crippen LogP contribution is 2.11. The van der Waals surface area contributed by atoms with Crippen LogP contribution in [0.5, 0.6) is 0 Å². The van der Waals surface area contributed by atoms with Gasteiger partial charge in [-0.05, 0) is 51.4 Å². The normalized spacial score (nSPS) is 12.8. The number of aliphatic hydroxyl groups is 1. The van der Waals surface area contributed by atoms with Gasteiger partial charge in [0.25, 0.3) is 0 Å². The molecule has 0 bridgehead atoms. The quantitative estimate of drug-likeness (QED) is 0.0551. The molecular formula is C35H64O4. The highest BCUT2D eigenvalue weighted by molar-refractivity contribution is 5.69. The number of hydrogen-bond donors (Lipinski definition) is 1. The number of hydrogen-bond acceptors (Lipinski definition) is 4. The smallest absolute Gasteiger partial charge is 0.306 e. The maximum Gasteiger partial charge on any atom is 0.306 e. The molecule has 0 aliphatic rings. The molecule has 0 aromatic rings. The number of carbonyl (C=O) groups is 1. The molecule has 0 aromatic heterocycles. The Bertz CT molecular complexity index is 581. The fraction of sp³-hybridized carbons (Fsp3) is 0.800. The van der Waals surface area contributed by atoms with Crippen molar-refractivity contribution in [1.82, 2.24) is 0 Å². The van der Waals surface area contributed by atoms with Crippen LogP contribution in [0.15, 0.2) is 36.5 Å². The topological polar surface area (TPSA) is 55.8 Å². The van der Waals surface area contributed by atoms with Crippen LogP contribution in [0, 0.1) is 0 Å². The van der Waals surface area contributed by atoms with Crippen molar-refractivity contribution in [2.75, 3.05) is 19.8 Å². The third-order valence-electron chi connectivity index (χ3n) is 6.97. The van der Waals surface area contributed by atoms with Crippen molar-refractivity contribution in [3.8, 4) is 0 Å². The molecule has 0 aliphatic heterocycles. The summed E-state index contributed by atoms with van der Waals surface area (Å²) in [7, 11) is 0. The first kappa shape index (κ1) is 37.6. The van der Waals surface area contributed by atoms with Gasteiger partial charge in [0.2, 0.25) is 0 Å². The number of rotatable bonds is 30. The van der Waals surface area contributed by atoms with Gasteiger partial charge in [0.1, 0.15) is 6.10 Å². The lowest BCUT2D eigenvalue weighted by Crippen LogP contribution is -2.27. The summed E-state index contributed by atoms with van der Waals surface area (Å²) in [5.41, 5.74) is 0. The minimum absolute atomic E-state index is 0.175. The van der Waals surface area contributed by atoms with Gasteiger partial charge in [-0.3, -0.25) is 4.79 Å². The van der Waals surface area contributed by atoms with Crippen LogP contribution < -0.4 is 0 Å². The number of ether oxygens (including phenoxy) is 2. The fourth-order valence-electron chi connectivity index (χ4n) is 4.45. The summed E-state index contributed by atoms with van der Waals surface area (Å²) in [4.78, 5) is 12.0. The van der Waals surface area contributed by atoms with Gasteiger partial charge in [0, 0.05) is 13.0 Å². The zero-order chi connectivity index (χ0) is 28.5. The Morgan fingerprint density at radius 3 is 1.67 bits per heavy atom. The standard InChI is InChI=1S/C35H64O4/c1-3-5-7-9-11-12-13-14-15-16-17-18-19-20-21-22-23-25-27-29-31-38-33-34(32-36)39-35(37)30-28-26-24-10-8-6-4-2/h11-12,14-15,17-18,34,36H,3-10,13,16,19-33H2,1-2H3/b12-11-,15-14-,18-17-. The first-order valence-electron chi connectivity index (χ1n) is 16.6. The van der Waals surface area contributed by atoms with E-state index in [0.717, 1.165) is 32.1 Å². The molecule has 1 atom stereocenters. The largest absolute Gasteiger partial charge is 0.457 e. The average molecular weight is 549 g/mol. The zero-order valence-corrected chi connectivity index (χ0v) is 25.9. The Kier molecular flexibility index (Phi) is 31.7. The van der Waals surface area contributed by atoms with Crippen molar-refractivity contribution in [2.24, 2.45) is 0 Å². The fourth-order valence-corrected chi connectivity index (χ4v) is 4.45. The molecule has 4 nitrogen and oxygen atoms in total. The molecule has 0 rings (SSSR count). The van der Waals surface area contributed by atoms with E-state index in [0.29, 0.717) is 19.6 Å². The molecule has 0 aromatic carbocycles. The summed E-state index contributed by atoms with van der Waals surface area (Å²) in [5.74, 6) is -0.213. The average Bonchev–Trinajstić information content (AvgIpc) is 2.94. The predicted molar refractivity (Wildman–Crippen MR) is 168 cm³/mol. The van der Waals surface area contributed by atoms with E-state index in [1.54, 1.807) is 0 Å². The number of unbranched alkanes of at least 4 members (excludes halogenated alkanes) is 16. The lowest BCUT2D eigenvalue weighted by atomic mass is 10.1. The van der Waals surface area contributed by atoms with Gasteiger partial charge in [-0.25, -0.2) is 0 Å². The van der Waals surface area contributed by atoms with Crippen LogP contribution in [0.3, 0.4) is 0 Å². The summed E-state index contributed by atoms with van der Waals surface area (Å²) in [5, 5.41) is 9.47. The van der Waals surface area contributed by atoms with Crippen molar-refractivity contribution in [3.63, 3.8) is 0 Å². The van der Waals surface area contributed by atoms with Gasteiger partial charge in [-0.2, -0.15) is 0 Å². The van der Waals surface area contributed by atoms with Gasteiger partial charge in [-0.15, -0.1) is 0 Å². The SMILES string of the molecule is CCCCC/C=C\C/C=C\C/C=C\CCCCCCCCCOCC(CO)OC(=O)CCCCCCCCC. The molecule has 0 saturated heterocycles. The zero-order valence-electron chi connectivity index (χ0n) is 25.9. The molecule has 0 heterocycles. The lowest BCUT2D eigenvalue weighted by Gasteiger charge is -2.15. The summed E-state index contributed by atoms with van der Waals surface area (Å²) < 4.78 is 11.0. The summed E-state index contributed by atoms with van der Waals surface area (Å²) in [6.07, 6.45) is 39.0. The van der Waals surface area contributed by atoms with Crippen LogP contribution in [-0.2, 0) is 14.3 Å². The summed E-state index contributed by atoms with van der Waals surface area (Å²) >= 11 is 0. The number of esters is 1. The minimum atomic E-state index is -0.533. The third-order valence-corrected chi connectivity index (χ3v) is 6.97. The van der Waals surface area contributed by atoms with Gasteiger partial charge in [-0.1, -0.05) is 134 Å². The minimum Gasteiger partial charge on any atom is -0.457 e. The highest BCUT2D eigenvalue weighted by Gasteiger charge is 2.13. The number of allylic oxidation sites excluding steroid dienone is 6. The van der Waals surface area contributed by atoms with Gasteiger partial charge in [0.05, 0.1) is 13.2 Å². The van der Waals surface area contributed by atoms with Crippen LogP contribution in [0.2, 0.25) is 0 Å². The Morgan fingerprint density at radius 1 is 0.615 bits per heavy atom. The molecular weight excluding hydrogens is 484 g/mol. The van der Waals surface area contributed by atoms with Crippen molar-refractivity contribution < 1.29 is 19.4 Å². The molecule has 0 radical (unpaired) electrons. The Hall–Kier alpha value is -1.39. The van der Waals surface area contributed by atoms with E-state index in [9.17, 15) is 9.90 Å². The van der Waals surface area contributed by atoms with Gasteiger partial charge >= 0.3 is 5.97 Å². The van der Waals surface area contributed by atoms with Gasteiger partial charge < -0.3 is 14.6 Å². The van der Waals surface area contributed by atoms with E-state index in [1.165, 1.54) is 103 Å². The van der Waals surface area contributed by atoms with Crippen LogP contribution >= 0.6 is 0 Å². The Morgan fingerprint density at radius 2 is 1.08 bits per heavy atom. The van der Waals surface area contributed by atoms with E-state index in [2.05, 4.69) is 50.3 Å². The lowest BCUT2D eigenvalue weighted by molar-refractivity contribution is -0.154. The molecule has 4 heteroatoms. The molecule has 0 amide bonds. The third kappa shape index (κ3) is 31.0. The first-order valence-corrected chi connectivity index (χ1v) is 16.6. The second-order valence-corrected chi connectivity index (χ2v) is 10.9. The molecule has 39 heavy (non-hydrogen) atoms. The summed E-state index contributed by atoms with van der Waals surface area (Å²) in [6.45, 7) is 5.25. The van der Waals surface area contributed by atoms with Crippen molar-refractivity contribution >= 4 is 5.97 Å². The van der Waals surface area contributed by atoms with Gasteiger partial charge in [0.15, 0.2) is 0 Å². The molecule has 0 spiro atoms. The highest BCUT2D eigenvalue weighted by atomic mass is 16.6. The van der Waals surface area contributed by atoms with E-state index in [-0.39, 0.29) is 12.6 Å². The van der Waals surface area contributed by atoms with Crippen LogP contribution in [0.4, 0.5) is 0 Å². The molecule has 0 saturated carbocycles. The predicted octanol–water partition coefficient (Wildman–Crippen LogP) is 10.2. The maximum atomic E-state index is 12.0. The van der Waals surface area contributed by atoms with E-state index >= 15 is 0 Å². The van der Waals surface area contributed by atoms with Crippen LogP contribution in [0.1, 0.15) is 155 Å². The van der Waals surface area contributed by atoms with Crippen LogP contribution in [-0.4, -0.2) is 37.0 Å². The van der Waals surface area contributed by atoms with E-state index < -0.39 is 6.10 Å². The summed E-state index contributed by atoms with van der Waals surface area (Å²) in [6, 6.07) is 0. The first-order chi connectivity index (χ1) is 19.2. The van der Waals surface area contributed by atoms with E-state index in [4.69, 9.17) is 9.47 Å². The monoisotopic (exact) mass is 548 g/mol. The Balaban J connectivity index is 3.45. The Labute approximate surface area is 242 Å². The second kappa shape index (κ2) is 32.8. The molecule has 1 unspecified atom stereocenters. The number of carbonyl (C=O) groups excluding carboxylic acids is 1. The molecule has 0 fully saturated rings. The van der Waals surface area contributed by atoms with Crippen molar-refractivity contribution in [2.45, 2.75) is 161 Å². The second-order valence-electron chi connectivity index (χ2n) is 10.9. The molecule has 1 N–H and O–H groups in total. The van der Waals surface area contributed by atoms with Crippen LogP contribution in [0.25, 0.3) is 0 Å². The van der Waals surface area contributed by atoms with E-state index in [1.807, 2.05) is 0 Å². The van der Waals surface area contributed by atoms with Crippen molar-refractivity contribution in [3.05, 3.63) is 36.5 Å².